The van der Waals surface area contributed by atoms with Gasteiger partial charge in [0.2, 0.25) is 0 Å². The van der Waals surface area contributed by atoms with Gasteiger partial charge in [0.25, 0.3) is 11.8 Å². The highest BCUT2D eigenvalue weighted by molar-refractivity contribution is 8.19. The van der Waals surface area contributed by atoms with Crippen molar-refractivity contribution in [3.8, 4) is 0 Å². The lowest BCUT2D eigenvalue weighted by Gasteiger charge is -2.21. The molecule has 2 aromatic rings. The van der Waals surface area contributed by atoms with Crippen molar-refractivity contribution >= 4 is 47.1 Å². The van der Waals surface area contributed by atoms with Crippen LogP contribution in [0.1, 0.15) is 33.0 Å². The van der Waals surface area contributed by atoms with Crippen LogP contribution in [0.4, 0.5) is 10.5 Å². The average molecular weight is 414 g/mol. The number of carbonyl (C=O) groups excluding carboxylic acids is 3. The quantitative estimate of drug-likeness (QED) is 0.668. The monoisotopic (exact) mass is 413 g/mol. The zero-order valence-corrected chi connectivity index (χ0v) is 16.8. The van der Waals surface area contributed by atoms with E-state index in [-0.39, 0.29) is 5.91 Å². The SMILES string of the molecule is CC1(c2cccc(NC(=O)c3ccc(C4SCCS4)cc3)c2)NC(=O)NC1=O. The Balaban J connectivity index is 1.49. The van der Waals surface area contributed by atoms with Gasteiger partial charge in [-0.05, 0) is 42.3 Å². The van der Waals surface area contributed by atoms with E-state index >= 15 is 0 Å². The third kappa shape index (κ3) is 3.62. The second-order valence-electron chi connectivity index (χ2n) is 6.76. The maximum absolute atomic E-state index is 12.6. The van der Waals surface area contributed by atoms with Gasteiger partial charge in [-0.25, -0.2) is 4.79 Å². The van der Waals surface area contributed by atoms with Crippen molar-refractivity contribution in [2.24, 2.45) is 0 Å². The molecule has 4 rings (SSSR count). The van der Waals surface area contributed by atoms with E-state index in [1.165, 1.54) is 5.56 Å². The zero-order valence-electron chi connectivity index (χ0n) is 15.2. The maximum Gasteiger partial charge on any atom is 0.322 e. The molecule has 2 heterocycles. The Morgan fingerprint density at radius 2 is 1.82 bits per heavy atom. The molecule has 1 atom stereocenters. The lowest BCUT2D eigenvalue weighted by molar-refractivity contribution is -0.123. The average Bonchev–Trinajstić information content (AvgIpc) is 3.31. The molecule has 4 amide bonds. The Morgan fingerprint density at radius 1 is 1.11 bits per heavy atom. The summed E-state index contributed by atoms with van der Waals surface area (Å²) < 4.78 is 0.447. The minimum absolute atomic E-state index is 0.222. The van der Waals surface area contributed by atoms with E-state index in [1.807, 2.05) is 47.8 Å². The highest BCUT2D eigenvalue weighted by atomic mass is 32.2. The van der Waals surface area contributed by atoms with Crippen molar-refractivity contribution in [1.82, 2.24) is 10.6 Å². The summed E-state index contributed by atoms with van der Waals surface area (Å²) in [7, 11) is 0. The molecule has 2 fully saturated rings. The number of hydrogen-bond acceptors (Lipinski definition) is 5. The van der Waals surface area contributed by atoms with Crippen LogP contribution in [0.15, 0.2) is 48.5 Å². The number of carbonyl (C=O) groups is 3. The smallest absolute Gasteiger partial charge is 0.322 e. The summed E-state index contributed by atoms with van der Waals surface area (Å²) in [5.41, 5.74) is 1.79. The van der Waals surface area contributed by atoms with Gasteiger partial charge >= 0.3 is 6.03 Å². The molecule has 0 aromatic heterocycles. The molecule has 0 saturated carbocycles. The topological polar surface area (TPSA) is 87.3 Å². The van der Waals surface area contributed by atoms with E-state index in [4.69, 9.17) is 0 Å². The van der Waals surface area contributed by atoms with Crippen LogP contribution in [0.5, 0.6) is 0 Å². The van der Waals surface area contributed by atoms with Crippen molar-refractivity contribution in [2.45, 2.75) is 17.0 Å². The highest BCUT2D eigenvalue weighted by Crippen LogP contribution is 2.45. The molecule has 3 N–H and O–H groups in total. The minimum Gasteiger partial charge on any atom is -0.322 e. The molecule has 0 spiro atoms. The molecule has 1 unspecified atom stereocenters. The second kappa shape index (κ2) is 7.52. The summed E-state index contributed by atoms with van der Waals surface area (Å²) in [6.07, 6.45) is 0. The molecular formula is C20H19N3O3S2. The number of amides is 4. The molecule has 2 saturated heterocycles. The first-order chi connectivity index (χ1) is 13.5. The van der Waals surface area contributed by atoms with Gasteiger partial charge in [-0.3, -0.25) is 14.9 Å². The summed E-state index contributed by atoms with van der Waals surface area (Å²) in [5, 5.41) is 7.73. The Kier molecular flexibility index (Phi) is 5.07. The number of rotatable bonds is 4. The standard InChI is InChI=1S/C20H19N3O3S2/c1-20(18(25)22-19(26)23-20)14-3-2-4-15(11-14)21-16(24)12-5-7-13(8-6-12)17-27-9-10-28-17/h2-8,11,17H,9-10H2,1H3,(H,21,24)(H2,22,23,25,26). The number of imide groups is 1. The van der Waals surface area contributed by atoms with Crippen LogP contribution >= 0.6 is 23.5 Å². The van der Waals surface area contributed by atoms with E-state index in [2.05, 4.69) is 16.0 Å². The molecule has 28 heavy (non-hydrogen) atoms. The largest absolute Gasteiger partial charge is 0.322 e. The van der Waals surface area contributed by atoms with Crippen LogP contribution in [0.3, 0.4) is 0 Å². The Hall–Kier alpha value is -2.45. The van der Waals surface area contributed by atoms with Gasteiger partial charge in [0.05, 0.1) is 4.58 Å². The number of nitrogens with one attached hydrogen (secondary N) is 3. The zero-order chi connectivity index (χ0) is 19.7. The maximum atomic E-state index is 12.6. The molecule has 0 radical (unpaired) electrons. The van der Waals surface area contributed by atoms with Gasteiger partial charge in [0.1, 0.15) is 5.54 Å². The van der Waals surface area contributed by atoms with Gasteiger partial charge < -0.3 is 10.6 Å². The summed E-state index contributed by atoms with van der Waals surface area (Å²) in [6, 6.07) is 14.1. The fourth-order valence-electron chi connectivity index (χ4n) is 3.20. The van der Waals surface area contributed by atoms with Crippen molar-refractivity contribution < 1.29 is 14.4 Å². The number of hydrogen-bond donors (Lipinski definition) is 3. The summed E-state index contributed by atoms with van der Waals surface area (Å²) in [4.78, 5) is 36.2. The molecule has 6 nitrogen and oxygen atoms in total. The lowest BCUT2D eigenvalue weighted by Crippen LogP contribution is -2.40. The Morgan fingerprint density at radius 3 is 2.46 bits per heavy atom. The summed E-state index contributed by atoms with van der Waals surface area (Å²) in [6.45, 7) is 1.63. The van der Waals surface area contributed by atoms with Crippen LogP contribution in [-0.2, 0) is 10.3 Å². The third-order valence-corrected chi connectivity index (χ3v) is 7.91. The van der Waals surface area contributed by atoms with Crippen LogP contribution in [0.2, 0.25) is 0 Å². The van der Waals surface area contributed by atoms with Crippen LogP contribution in [0.25, 0.3) is 0 Å². The van der Waals surface area contributed by atoms with Crippen molar-refractivity contribution in [3.63, 3.8) is 0 Å². The Bertz CT molecular complexity index is 942. The van der Waals surface area contributed by atoms with E-state index in [0.29, 0.717) is 21.4 Å². The number of thioether (sulfide) groups is 2. The Labute approximate surface area is 171 Å². The lowest BCUT2D eigenvalue weighted by atomic mass is 9.92. The fraction of sp³-hybridized carbons (Fsp3) is 0.250. The van der Waals surface area contributed by atoms with Crippen molar-refractivity contribution in [3.05, 3.63) is 65.2 Å². The van der Waals surface area contributed by atoms with E-state index in [0.717, 1.165) is 11.5 Å². The van der Waals surface area contributed by atoms with E-state index in [9.17, 15) is 14.4 Å². The number of urea groups is 1. The fourth-order valence-corrected chi connectivity index (χ4v) is 6.06. The molecular weight excluding hydrogens is 394 g/mol. The molecule has 2 aliphatic heterocycles. The first-order valence-corrected chi connectivity index (χ1v) is 10.9. The van der Waals surface area contributed by atoms with Gasteiger partial charge in [-0.15, -0.1) is 23.5 Å². The first-order valence-electron chi connectivity index (χ1n) is 8.84. The molecule has 2 aliphatic rings. The minimum atomic E-state index is -1.16. The molecule has 8 heteroatoms. The number of benzene rings is 2. The number of anilines is 1. The summed E-state index contributed by atoms with van der Waals surface area (Å²) >= 11 is 3.85. The highest BCUT2D eigenvalue weighted by Gasteiger charge is 2.43. The molecule has 0 aliphatic carbocycles. The van der Waals surface area contributed by atoms with Gasteiger partial charge in [-0.1, -0.05) is 24.3 Å². The third-order valence-electron chi connectivity index (χ3n) is 4.81. The van der Waals surface area contributed by atoms with Crippen molar-refractivity contribution in [1.29, 1.82) is 0 Å². The van der Waals surface area contributed by atoms with E-state index in [1.54, 1.807) is 31.2 Å². The van der Waals surface area contributed by atoms with Gasteiger partial charge in [0.15, 0.2) is 0 Å². The summed E-state index contributed by atoms with van der Waals surface area (Å²) in [5.74, 6) is 1.68. The van der Waals surface area contributed by atoms with Gasteiger partial charge in [-0.2, -0.15) is 0 Å². The van der Waals surface area contributed by atoms with Crippen molar-refractivity contribution in [2.75, 3.05) is 16.8 Å². The molecule has 2 aromatic carbocycles. The van der Waals surface area contributed by atoms with Crippen LogP contribution < -0.4 is 16.0 Å². The predicted octanol–water partition coefficient (Wildman–Crippen LogP) is 3.47. The predicted molar refractivity (Wildman–Crippen MR) is 113 cm³/mol. The van der Waals surface area contributed by atoms with Crippen LogP contribution in [-0.4, -0.2) is 29.4 Å². The molecule has 144 valence electrons. The molecule has 0 bridgehead atoms. The van der Waals surface area contributed by atoms with Gasteiger partial charge in [0, 0.05) is 22.8 Å². The van der Waals surface area contributed by atoms with Crippen LogP contribution in [0, 0.1) is 0 Å². The normalized spacial score (nSPS) is 22.0. The first kappa shape index (κ1) is 18.9. The second-order valence-corrected chi connectivity index (χ2v) is 9.49. The van der Waals surface area contributed by atoms with E-state index < -0.39 is 17.5 Å².